The molecule has 1 amide bonds. The molecule has 0 saturated carbocycles. The molecule has 15 aromatic rings. The molecule has 0 aliphatic carbocycles. The maximum absolute atomic E-state index is 11.2. The van der Waals surface area contributed by atoms with E-state index in [0.717, 1.165) is 44.5 Å². The van der Waals surface area contributed by atoms with Gasteiger partial charge in [-0.25, -0.2) is 9.97 Å². The fourth-order valence-corrected chi connectivity index (χ4v) is 10.6. The third kappa shape index (κ3) is 39.7. The van der Waals surface area contributed by atoms with Gasteiger partial charge in [-0.05, 0) is 129 Å². The molecule has 118 heavy (non-hydrogen) atoms. The van der Waals surface area contributed by atoms with E-state index in [1.165, 1.54) is 82.4 Å². The third-order valence-electron chi connectivity index (χ3n) is 14.9. The van der Waals surface area contributed by atoms with E-state index in [-0.39, 0.29) is 25.7 Å². The Balaban J connectivity index is -0.000000300. The van der Waals surface area contributed by atoms with Crippen molar-refractivity contribution in [3.05, 3.63) is 300 Å². The van der Waals surface area contributed by atoms with Crippen LogP contribution in [0.4, 0.5) is 5.69 Å². The number of ketones is 1. The second-order valence-corrected chi connectivity index (χ2v) is 21.8. The maximum Gasteiger partial charge on any atom is 0.252 e. The lowest BCUT2D eigenvalue weighted by atomic mass is 10.00. The van der Waals surface area contributed by atoms with Gasteiger partial charge in [-0.1, -0.05) is 402 Å². The van der Waals surface area contributed by atoms with Crippen molar-refractivity contribution in [1.82, 2.24) is 25.3 Å². The van der Waals surface area contributed by atoms with E-state index in [1.807, 2.05) is 281 Å². The second-order valence-electron chi connectivity index (χ2n) is 21.8. The molecular weight excluding hydrogens is 1440 g/mol. The van der Waals surface area contributed by atoms with Gasteiger partial charge in [-0.15, -0.1) is 0 Å². The number of nitrogens with one attached hydrogen (secondary N) is 2. The summed E-state index contributed by atoms with van der Waals surface area (Å²) in [6.07, 6.45) is 1.81. The zero-order valence-electron chi connectivity index (χ0n) is 79.6. The fourth-order valence-electron chi connectivity index (χ4n) is 10.6. The van der Waals surface area contributed by atoms with Gasteiger partial charge >= 0.3 is 0 Å². The average Bonchev–Trinajstić information content (AvgIpc) is 1.24. The summed E-state index contributed by atoms with van der Waals surface area (Å²) in [6, 6.07) is 88.1. The lowest BCUT2D eigenvalue weighted by Gasteiger charge is -2.18. The molecule has 1 aliphatic heterocycles. The number of rotatable bonds is 3. The number of anilines is 1. The number of fused-ring (bicyclic) bond motifs is 8. The van der Waals surface area contributed by atoms with Crippen LogP contribution in [0.15, 0.2) is 271 Å². The summed E-state index contributed by atoms with van der Waals surface area (Å²) in [7, 11) is 4.16. The Hall–Kier alpha value is -11.0. The van der Waals surface area contributed by atoms with E-state index in [2.05, 4.69) is 232 Å². The number of amides is 1. The number of benzene rings is 10. The summed E-state index contributed by atoms with van der Waals surface area (Å²) in [6.45, 7) is 68.5. The topological polar surface area (TPSA) is 117 Å². The minimum absolute atomic E-state index is 0. The van der Waals surface area contributed by atoms with Gasteiger partial charge in [0, 0.05) is 80.3 Å². The summed E-state index contributed by atoms with van der Waals surface area (Å²) >= 11 is 0. The first-order valence-corrected chi connectivity index (χ1v) is 44.0. The van der Waals surface area contributed by atoms with Gasteiger partial charge in [0.25, 0.3) is 5.91 Å². The van der Waals surface area contributed by atoms with Crippen molar-refractivity contribution in [2.45, 2.75) is 243 Å². The fraction of sp³-hybridized carbons (Fsp3) is 0.349. The number of Topliss-reactive ketones (excluding diaryl/α,β-unsaturated/α-hetero) is 1. The molecule has 9 nitrogen and oxygen atoms in total. The SMILES string of the molecule is C.CC.CC.CC.CC.CC.CC.CC.CC.CC.CC.CC.CC.CC.CC.CC.CN(C)c1c2ccccc2nc2ccccc12.Cc1ccc2[nH]c(-c3ccccc3)cc2c1.Cc1ccc2cc3ccc(C)cc3nc2c1.Cc1ccc2oc(-c3ccccc3)cc2c1.O=C1CNC(=O)c2ccccc21.c1ccc2ncccc2c1. The lowest BCUT2D eigenvalue weighted by molar-refractivity contribution is 0.0877. The van der Waals surface area contributed by atoms with Crippen molar-refractivity contribution in [1.29, 1.82) is 0 Å². The number of furan rings is 1. The number of hydrogen-bond donors (Lipinski definition) is 2. The Kier molecular flexibility index (Phi) is 75.9. The molecule has 5 aromatic heterocycles. The van der Waals surface area contributed by atoms with Crippen LogP contribution in [0.5, 0.6) is 0 Å². The number of H-pyrrole nitrogens is 1. The number of aromatic amines is 1. The van der Waals surface area contributed by atoms with E-state index in [9.17, 15) is 9.59 Å². The summed E-state index contributed by atoms with van der Waals surface area (Å²) in [5.74, 6) is 0.747. The molecule has 16 rings (SSSR count). The van der Waals surface area contributed by atoms with Crippen molar-refractivity contribution in [3.63, 3.8) is 0 Å². The number of aromatic nitrogens is 4. The minimum atomic E-state index is -0.162. The minimum Gasteiger partial charge on any atom is -0.456 e. The number of aryl methyl sites for hydroxylation is 4. The highest BCUT2D eigenvalue weighted by Crippen LogP contribution is 2.33. The molecule has 0 fully saturated rings. The number of para-hydroxylation sites is 3. The van der Waals surface area contributed by atoms with Crippen LogP contribution in [0, 0.1) is 27.7 Å². The van der Waals surface area contributed by atoms with Crippen molar-refractivity contribution >= 4 is 93.8 Å². The predicted molar refractivity (Wildman–Crippen MR) is 539 cm³/mol. The second kappa shape index (κ2) is 76.0. The van der Waals surface area contributed by atoms with Gasteiger partial charge in [0.05, 0.1) is 45.4 Å². The zero-order valence-corrected chi connectivity index (χ0v) is 79.6. The van der Waals surface area contributed by atoms with Crippen LogP contribution in [0.1, 0.15) is 258 Å². The van der Waals surface area contributed by atoms with Crippen molar-refractivity contribution in [3.8, 4) is 22.6 Å². The number of carbonyl (C=O) groups is 2. The molecule has 644 valence electrons. The van der Waals surface area contributed by atoms with Crippen LogP contribution in [0.3, 0.4) is 0 Å². The monoisotopic (exact) mass is 1600 g/mol. The molecule has 0 unspecified atom stereocenters. The van der Waals surface area contributed by atoms with Crippen LogP contribution < -0.4 is 10.2 Å². The molecule has 0 spiro atoms. The number of nitrogens with zero attached hydrogens (tertiary/aromatic N) is 4. The summed E-state index contributed by atoms with van der Waals surface area (Å²) in [4.78, 5) is 41.6. The summed E-state index contributed by atoms with van der Waals surface area (Å²) < 4.78 is 5.81. The summed E-state index contributed by atoms with van der Waals surface area (Å²) in [5.41, 5.74) is 18.3. The maximum atomic E-state index is 11.2. The van der Waals surface area contributed by atoms with E-state index >= 15 is 0 Å². The number of hydrogen-bond acceptors (Lipinski definition) is 7. The van der Waals surface area contributed by atoms with Crippen LogP contribution in [0.2, 0.25) is 0 Å². The molecular formula is C109H160N6O3. The number of pyridine rings is 3. The van der Waals surface area contributed by atoms with Gasteiger partial charge in [0.1, 0.15) is 11.3 Å². The van der Waals surface area contributed by atoms with E-state index in [0.29, 0.717) is 11.1 Å². The Bertz CT molecular complexity index is 4570. The largest absolute Gasteiger partial charge is 0.456 e. The molecule has 1 aliphatic rings. The first kappa shape index (κ1) is 118. The Labute approximate surface area is 720 Å². The molecule has 6 heterocycles. The van der Waals surface area contributed by atoms with Crippen LogP contribution >= 0.6 is 0 Å². The number of carbonyl (C=O) groups excluding carboxylic acids is 2. The highest BCUT2D eigenvalue weighted by Gasteiger charge is 2.21. The molecule has 2 N–H and O–H groups in total. The average molecular weight is 1600 g/mol. The van der Waals surface area contributed by atoms with E-state index < -0.39 is 0 Å². The van der Waals surface area contributed by atoms with E-state index in [4.69, 9.17) is 14.4 Å². The van der Waals surface area contributed by atoms with Gasteiger partial charge in [0.2, 0.25) is 0 Å². The van der Waals surface area contributed by atoms with Crippen molar-refractivity contribution in [2.24, 2.45) is 0 Å². The van der Waals surface area contributed by atoms with Crippen molar-refractivity contribution in [2.75, 3.05) is 25.5 Å². The quantitative estimate of drug-likeness (QED) is 0.169. The third-order valence-corrected chi connectivity index (χ3v) is 14.9. The molecule has 9 heteroatoms. The van der Waals surface area contributed by atoms with Gasteiger partial charge in [-0.2, -0.15) is 0 Å². The molecule has 0 bridgehead atoms. The predicted octanol–water partition coefficient (Wildman–Crippen LogP) is 34.9. The molecule has 0 saturated heterocycles. The van der Waals surface area contributed by atoms with Gasteiger partial charge in [-0.3, -0.25) is 14.6 Å². The van der Waals surface area contributed by atoms with E-state index in [1.54, 1.807) is 24.3 Å². The zero-order chi connectivity index (χ0) is 90.2. The first-order chi connectivity index (χ1) is 57.4. The highest BCUT2D eigenvalue weighted by molar-refractivity contribution is 6.13. The summed E-state index contributed by atoms with van der Waals surface area (Å²) in [5, 5.41) is 11.0. The first-order valence-electron chi connectivity index (χ1n) is 44.0. The normalized spacial score (nSPS) is 9.19. The lowest BCUT2D eigenvalue weighted by Crippen LogP contribution is -2.36. The van der Waals surface area contributed by atoms with Gasteiger partial charge in [0.15, 0.2) is 5.78 Å². The molecule has 0 radical (unpaired) electrons. The Morgan fingerprint density at radius 1 is 0.322 bits per heavy atom. The van der Waals surface area contributed by atoms with Gasteiger partial charge < -0.3 is 19.6 Å². The molecule has 0 atom stereocenters. The van der Waals surface area contributed by atoms with Crippen LogP contribution in [-0.4, -0.2) is 52.3 Å². The standard InChI is InChI=1S/C15H14N2.2C15H13N.C15H12O.C9H7NO2.C9H7N.15C2H6.CH4/c1-17(2)15-11-7-3-5-9-13(11)16-14-10-6-4-8-12(14)15;1-10-3-5-12-9-13-6-4-11(2)8-15(13)16-14(12)7-10;2*1-11-7-8-14-13(9-11)10-15(16-14)12-5-3-2-4-6-12;11-8-5-10-9(12)7-4-2-1-3-6(7)8;1-2-6-9-8(4-1)5-3-7-10-9;15*1-2;/h3-10H,1-2H3;3-9H,1-2H3;2-10,16H,1H3;2-10H,1H3;1-4H,5H2,(H,10,12);1-7H;15*1-2H3;1H4. The Morgan fingerprint density at radius 3 is 1.17 bits per heavy atom. The Morgan fingerprint density at radius 2 is 0.703 bits per heavy atom. The molecule has 10 aromatic carbocycles. The van der Waals surface area contributed by atoms with Crippen LogP contribution in [0.25, 0.3) is 99.0 Å². The smallest absolute Gasteiger partial charge is 0.252 e. The van der Waals surface area contributed by atoms with Crippen molar-refractivity contribution < 1.29 is 14.0 Å². The van der Waals surface area contributed by atoms with Crippen LogP contribution in [-0.2, 0) is 0 Å². The highest BCUT2D eigenvalue weighted by atomic mass is 16.3.